The monoisotopic (exact) mass is 312 g/mol. The number of rotatable bonds is 4. The van der Waals surface area contributed by atoms with Crippen molar-refractivity contribution in [2.24, 2.45) is 0 Å². The predicted octanol–water partition coefficient (Wildman–Crippen LogP) is -4.39. The maximum Gasteiger partial charge on any atom is 1.00 e. The van der Waals surface area contributed by atoms with Gasteiger partial charge in [0.25, 0.3) is 0 Å². The van der Waals surface area contributed by atoms with Crippen molar-refractivity contribution in [3.63, 3.8) is 0 Å². The van der Waals surface area contributed by atoms with Gasteiger partial charge in [0.1, 0.15) is 0 Å². The average Bonchev–Trinajstić information content (AvgIpc) is 1.63. The van der Waals surface area contributed by atoms with Crippen LogP contribution in [0.5, 0.6) is 0 Å². The first-order valence-corrected chi connectivity index (χ1v) is 5.99. The van der Waals surface area contributed by atoms with Crippen LogP contribution in [0.2, 0.25) is 0 Å². The van der Waals surface area contributed by atoms with Crippen LogP contribution in [0.15, 0.2) is 0 Å². The molecule has 0 aromatic rings. The van der Waals surface area contributed by atoms with Crippen LogP contribution in [0.3, 0.4) is 0 Å². The van der Waals surface area contributed by atoms with Crippen LogP contribution in [-0.4, -0.2) is 20.4 Å². The Bertz CT molecular complexity index is 126. The van der Waals surface area contributed by atoms with Gasteiger partial charge in [-0.15, -0.1) is 0 Å². The van der Waals surface area contributed by atoms with Gasteiger partial charge < -0.3 is 12.6 Å². The molecule has 0 rings (SSSR count). The molecule has 0 aliphatic rings. The summed E-state index contributed by atoms with van der Waals surface area (Å²) in [4.78, 5) is 16.7. The number of alkyl halides is 1. The first kappa shape index (κ1) is 19.5. The maximum absolute atomic E-state index is 10.2. The standard InChI is InChI=1S/C4H10IO3P.2Na.2H/c5-3-1-2-4-9(6,7)8;;;;/h1-4H2,(H2,6,7,8);;;;/q;2*+1;2*-1. The molecule has 0 saturated carbocycles. The van der Waals surface area contributed by atoms with Crippen molar-refractivity contribution in [3.05, 3.63) is 0 Å². The third-order valence-corrected chi connectivity index (χ3v) is 2.49. The fourth-order valence-corrected chi connectivity index (χ4v) is 1.59. The van der Waals surface area contributed by atoms with Gasteiger partial charge in [0.15, 0.2) is 0 Å². The first-order valence-electron chi connectivity index (χ1n) is 2.67. The van der Waals surface area contributed by atoms with E-state index in [9.17, 15) is 4.57 Å². The quantitative estimate of drug-likeness (QED) is 0.181. The Morgan fingerprint density at radius 3 is 2.00 bits per heavy atom. The van der Waals surface area contributed by atoms with Crippen LogP contribution in [0, 0.1) is 0 Å². The van der Waals surface area contributed by atoms with E-state index < -0.39 is 7.60 Å². The Balaban J connectivity index is -0.0000000533. The SMILES string of the molecule is O=P(O)(O)CCCCI.[H-].[H-].[Na+].[Na+]. The summed E-state index contributed by atoms with van der Waals surface area (Å²) in [5.74, 6) is 0. The fraction of sp³-hybridized carbons (Fsp3) is 1.00. The Labute approximate surface area is 128 Å². The molecule has 0 bridgehead atoms. The number of unbranched alkanes of at least 4 members (excludes halogenated alkanes) is 1. The zero-order valence-electron chi connectivity index (χ0n) is 8.96. The summed E-state index contributed by atoms with van der Waals surface area (Å²) in [5, 5.41) is 0. The predicted molar refractivity (Wildman–Crippen MR) is 47.3 cm³/mol. The largest absolute Gasteiger partial charge is 1.00 e. The van der Waals surface area contributed by atoms with Crippen LogP contribution in [0.4, 0.5) is 0 Å². The molecule has 7 heteroatoms. The van der Waals surface area contributed by atoms with Crippen molar-refractivity contribution in [3.8, 4) is 0 Å². The molecule has 0 spiro atoms. The third kappa shape index (κ3) is 19.3. The smallest absolute Gasteiger partial charge is 1.00 e. The summed E-state index contributed by atoms with van der Waals surface area (Å²) in [6.45, 7) is 0. The summed E-state index contributed by atoms with van der Waals surface area (Å²) in [6.07, 6.45) is 1.56. The molecular weight excluding hydrogens is 300 g/mol. The van der Waals surface area contributed by atoms with E-state index in [2.05, 4.69) is 22.6 Å². The second-order valence-electron chi connectivity index (χ2n) is 1.78. The molecule has 0 atom stereocenters. The fourth-order valence-electron chi connectivity index (χ4n) is 0.412. The van der Waals surface area contributed by atoms with Crippen molar-refractivity contribution in [2.45, 2.75) is 12.8 Å². The van der Waals surface area contributed by atoms with Crippen LogP contribution in [-0.2, 0) is 4.57 Å². The summed E-state index contributed by atoms with van der Waals surface area (Å²) in [7, 11) is -3.70. The molecule has 11 heavy (non-hydrogen) atoms. The van der Waals surface area contributed by atoms with Gasteiger partial charge in [-0.2, -0.15) is 0 Å². The maximum atomic E-state index is 10.2. The van der Waals surface area contributed by atoms with Gasteiger partial charge in [-0.1, -0.05) is 22.6 Å². The van der Waals surface area contributed by atoms with Crippen molar-refractivity contribution in [1.29, 1.82) is 0 Å². The van der Waals surface area contributed by atoms with Crippen LogP contribution in [0.25, 0.3) is 0 Å². The zero-order chi connectivity index (χ0) is 7.33. The summed E-state index contributed by atoms with van der Waals surface area (Å²) >= 11 is 2.19. The Morgan fingerprint density at radius 1 is 1.27 bits per heavy atom. The van der Waals surface area contributed by atoms with Crippen molar-refractivity contribution >= 4 is 30.2 Å². The second-order valence-corrected chi connectivity index (χ2v) is 4.64. The summed E-state index contributed by atoms with van der Waals surface area (Å²) in [5.41, 5.74) is 0. The molecular formula is C4H12INa2O3P. The van der Waals surface area contributed by atoms with Crippen LogP contribution in [0.1, 0.15) is 15.7 Å². The van der Waals surface area contributed by atoms with Crippen molar-refractivity contribution in [2.75, 3.05) is 10.6 Å². The minimum absolute atomic E-state index is 0. The van der Waals surface area contributed by atoms with Gasteiger partial charge in [0.05, 0.1) is 0 Å². The van der Waals surface area contributed by atoms with Crippen LogP contribution >= 0.6 is 30.2 Å². The van der Waals surface area contributed by atoms with Crippen molar-refractivity contribution < 1.29 is 76.3 Å². The molecule has 0 aliphatic heterocycles. The molecule has 0 aromatic heterocycles. The molecule has 0 heterocycles. The van der Waals surface area contributed by atoms with E-state index in [1.165, 1.54) is 0 Å². The van der Waals surface area contributed by atoms with E-state index >= 15 is 0 Å². The van der Waals surface area contributed by atoms with Gasteiger partial charge in [0.2, 0.25) is 0 Å². The molecule has 0 radical (unpaired) electrons. The molecule has 2 N–H and O–H groups in total. The molecule has 0 saturated heterocycles. The van der Waals surface area contributed by atoms with E-state index in [4.69, 9.17) is 9.79 Å². The summed E-state index contributed by atoms with van der Waals surface area (Å²) in [6, 6.07) is 0. The zero-order valence-corrected chi connectivity index (χ0v) is 14.0. The van der Waals surface area contributed by atoms with Gasteiger partial charge >= 0.3 is 66.7 Å². The molecule has 0 amide bonds. The van der Waals surface area contributed by atoms with E-state index in [0.717, 1.165) is 10.8 Å². The molecule has 3 nitrogen and oxygen atoms in total. The topological polar surface area (TPSA) is 57.5 Å². The van der Waals surface area contributed by atoms with Gasteiger partial charge in [-0.05, 0) is 17.3 Å². The van der Waals surface area contributed by atoms with Gasteiger partial charge in [0, 0.05) is 6.16 Å². The minimum Gasteiger partial charge on any atom is -1.00 e. The van der Waals surface area contributed by atoms with Crippen molar-refractivity contribution in [1.82, 2.24) is 0 Å². The molecule has 0 unspecified atom stereocenters. The molecule has 60 valence electrons. The number of halogens is 1. The number of hydrogen-bond donors (Lipinski definition) is 2. The molecule has 0 aliphatic carbocycles. The average molecular weight is 312 g/mol. The van der Waals surface area contributed by atoms with E-state index in [1.807, 2.05) is 0 Å². The van der Waals surface area contributed by atoms with Gasteiger partial charge in [-0.25, -0.2) is 0 Å². The Kier molecular flexibility index (Phi) is 19.4. The van der Waals surface area contributed by atoms with Gasteiger partial charge in [-0.3, -0.25) is 4.57 Å². The summed E-state index contributed by atoms with van der Waals surface area (Å²) < 4.78 is 11.2. The van der Waals surface area contributed by atoms with E-state index in [-0.39, 0.29) is 68.1 Å². The molecule has 0 fully saturated rings. The Hall–Kier alpha value is 2.88. The van der Waals surface area contributed by atoms with Crippen LogP contribution < -0.4 is 59.1 Å². The Morgan fingerprint density at radius 2 is 1.73 bits per heavy atom. The first-order chi connectivity index (χ1) is 4.06. The van der Waals surface area contributed by atoms with E-state index in [0.29, 0.717) is 6.42 Å². The molecule has 0 aromatic carbocycles. The minimum atomic E-state index is -3.70. The second kappa shape index (κ2) is 11.0. The number of hydrogen-bond acceptors (Lipinski definition) is 1. The van der Waals surface area contributed by atoms with E-state index in [1.54, 1.807) is 0 Å². The normalized spacial score (nSPS) is 9.73. The third-order valence-electron chi connectivity index (χ3n) is 0.833.